The Balaban J connectivity index is 1.91. The van der Waals surface area contributed by atoms with E-state index < -0.39 is 0 Å². The third kappa shape index (κ3) is 3.55. The zero-order chi connectivity index (χ0) is 13.0. The van der Waals surface area contributed by atoms with E-state index in [4.69, 9.17) is 0 Å². The van der Waals surface area contributed by atoms with Crippen molar-refractivity contribution in [1.29, 1.82) is 0 Å². The fraction of sp³-hybridized carbons (Fsp3) is 0.688. The van der Waals surface area contributed by atoms with E-state index in [0.29, 0.717) is 6.04 Å². The molecule has 100 valence electrons. The van der Waals surface area contributed by atoms with E-state index in [-0.39, 0.29) is 0 Å². The van der Waals surface area contributed by atoms with Crippen molar-refractivity contribution in [3.8, 4) is 0 Å². The Labute approximate surface area is 111 Å². The average Bonchev–Trinajstić information content (AvgIpc) is 2.37. The molecule has 0 bridgehead atoms. The lowest BCUT2D eigenvalue weighted by Gasteiger charge is -2.35. The van der Waals surface area contributed by atoms with Crippen molar-refractivity contribution in [2.75, 3.05) is 0 Å². The minimum atomic E-state index is 0.682. The van der Waals surface area contributed by atoms with Gasteiger partial charge in [-0.1, -0.05) is 32.8 Å². The molecule has 1 fully saturated rings. The molecule has 1 aromatic heterocycles. The van der Waals surface area contributed by atoms with Gasteiger partial charge in [-0.2, -0.15) is 0 Å². The minimum absolute atomic E-state index is 0.682. The van der Waals surface area contributed by atoms with Crippen LogP contribution in [0.1, 0.15) is 50.9 Å². The van der Waals surface area contributed by atoms with Crippen molar-refractivity contribution in [2.24, 2.45) is 11.8 Å². The molecule has 0 radical (unpaired) electrons. The predicted molar refractivity (Wildman–Crippen MR) is 76.4 cm³/mol. The smallest absolute Gasteiger partial charge is 0.0544 e. The van der Waals surface area contributed by atoms with Gasteiger partial charge in [0, 0.05) is 18.3 Å². The molecule has 0 spiro atoms. The van der Waals surface area contributed by atoms with Crippen molar-refractivity contribution in [3.63, 3.8) is 0 Å². The SMILES string of the molecule is Cc1cccc(CNC2CCCCC2C(C)C)n1. The van der Waals surface area contributed by atoms with Crippen LogP contribution in [0.15, 0.2) is 18.2 Å². The number of nitrogens with one attached hydrogen (secondary N) is 1. The van der Waals surface area contributed by atoms with E-state index in [1.807, 2.05) is 0 Å². The van der Waals surface area contributed by atoms with Gasteiger partial charge in [-0.05, 0) is 43.7 Å². The Hall–Kier alpha value is -0.890. The number of pyridine rings is 1. The Kier molecular flexibility index (Phi) is 4.76. The van der Waals surface area contributed by atoms with Gasteiger partial charge >= 0.3 is 0 Å². The van der Waals surface area contributed by atoms with Gasteiger partial charge in [0.15, 0.2) is 0 Å². The third-order valence-electron chi connectivity index (χ3n) is 4.17. The van der Waals surface area contributed by atoms with Crippen molar-refractivity contribution in [3.05, 3.63) is 29.6 Å². The first-order valence-corrected chi connectivity index (χ1v) is 7.32. The quantitative estimate of drug-likeness (QED) is 0.876. The van der Waals surface area contributed by atoms with E-state index >= 15 is 0 Å². The molecule has 1 heterocycles. The molecule has 2 atom stereocenters. The fourth-order valence-corrected chi connectivity index (χ4v) is 3.14. The molecule has 2 nitrogen and oxygen atoms in total. The maximum absolute atomic E-state index is 4.56. The average molecular weight is 246 g/mol. The maximum atomic E-state index is 4.56. The molecule has 1 aromatic rings. The van der Waals surface area contributed by atoms with Gasteiger partial charge in [0.25, 0.3) is 0 Å². The zero-order valence-corrected chi connectivity index (χ0v) is 11.9. The highest BCUT2D eigenvalue weighted by Crippen LogP contribution is 2.30. The highest BCUT2D eigenvalue weighted by atomic mass is 14.9. The summed E-state index contributed by atoms with van der Waals surface area (Å²) in [6, 6.07) is 6.95. The van der Waals surface area contributed by atoms with Gasteiger partial charge in [-0.3, -0.25) is 4.98 Å². The number of aryl methyl sites for hydroxylation is 1. The lowest BCUT2D eigenvalue weighted by Crippen LogP contribution is -2.40. The lowest BCUT2D eigenvalue weighted by atomic mass is 9.78. The molecule has 0 saturated heterocycles. The zero-order valence-electron chi connectivity index (χ0n) is 11.9. The summed E-state index contributed by atoms with van der Waals surface area (Å²) in [4.78, 5) is 4.56. The molecular weight excluding hydrogens is 220 g/mol. The molecule has 2 heteroatoms. The van der Waals surface area contributed by atoms with Crippen LogP contribution < -0.4 is 5.32 Å². The molecule has 1 N–H and O–H groups in total. The number of hydrogen-bond acceptors (Lipinski definition) is 2. The molecule has 18 heavy (non-hydrogen) atoms. The van der Waals surface area contributed by atoms with Crippen LogP contribution in [0, 0.1) is 18.8 Å². The second-order valence-corrected chi connectivity index (χ2v) is 5.95. The molecule has 1 aliphatic rings. The van der Waals surface area contributed by atoms with E-state index in [9.17, 15) is 0 Å². The van der Waals surface area contributed by atoms with Gasteiger partial charge in [0.05, 0.1) is 5.69 Å². The molecule has 2 unspecified atom stereocenters. The second kappa shape index (κ2) is 6.33. The van der Waals surface area contributed by atoms with E-state index in [1.54, 1.807) is 0 Å². The van der Waals surface area contributed by atoms with Crippen LogP contribution >= 0.6 is 0 Å². The molecule has 2 rings (SSSR count). The monoisotopic (exact) mass is 246 g/mol. The first-order valence-electron chi connectivity index (χ1n) is 7.32. The summed E-state index contributed by atoms with van der Waals surface area (Å²) >= 11 is 0. The van der Waals surface area contributed by atoms with Crippen molar-refractivity contribution >= 4 is 0 Å². The number of nitrogens with zero attached hydrogens (tertiary/aromatic N) is 1. The minimum Gasteiger partial charge on any atom is -0.308 e. The highest BCUT2D eigenvalue weighted by molar-refractivity contribution is 5.09. The normalized spacial score (nSPS) is 24.4. The topological polar surface area (TPSA) is 24.9 Å². The lowest BCUT2D eigenvalue weighted by molar-refractivity contribution is 0.204. The number of hydrogen-bond donors (Lipinski definition) is 1. The molecule has 0 aromatic carbocycles. The van der Waals surface area contributed by atoms with Gasteiger partial charge in [0.1, 0.15) is 0 Å². The van der Waals surface area contributed by atoms with Gasteiger partial charge in [0.2, 0.25) is 0 Å². The Bertz CT molecular complexity index is 373. The van der Waals surface area contributed by atoms with Crippen LogP contribution in [0.3, 0.4) is 0 Å². The second-order valence-electron chi connectivity index (χ2n) is 5.95. The van der Waals surface area contributed by atoms with Crippen LogP contribution in [0.2, 0.25) is 0 Å². The summed E-state index contributed by atoms with van der Waals surface area (Å²) in [6.07, 6.45) is 5.50. The number of aromatic nitrogens is 1. The van der Waals surface area contributed by atoms with Gasteiger partial charge in [-0.25, -0.2) is 0 Å². The third-order valence-corrected chi connectivity index (χ3v) is 4.17. The Morgan fingerprint density at radius 2 is 2.06 bits per heavy atom. The van der Waals surface area contributed by atoms with Crippen LogP contribution in [0.25, 0.3) is 0 Å². The standard InChI is InChI=1S/C16H26N2/c1-12(2)15-9-4-5-10-16(15)17-11-14-8-6-7-13(3)18-14/h6-8,12,15-17H,4-5,9-11H2,1-3H3. The summed E-state index contributed by atoms with van der Waals surface area (Å²) in [5.41, 5.74) is 2.28. The molecule has 1 aliphatic carbocycles. The van der Waals surface area contributed by atoms with E-state index in [2.05, 4.69) is 49.3 Å². The van der Waals surface area contributed by atoms with E-state index in [1.165, 1.54) is 31.4 Å². The Morgan fingerprint density at radius 1 is 1.28 bits per heavy atom. The number of rotatable bonds is 4. The van der Waals surface area contributed by atoms with Crippen LogP contribution in [0.5, 0.6) is 0 Å². The van der Waals surface area contributed by atoms with E-state index in [0.717, 1.165) is 24.1 Å². The van der Waals surface area contributed by atoms with Crippen molar-refractivity contribution in [1.82, 2.24) is 10.3 Å². The Morgan fingerprint density at radius 3 is 2.78 bits per heavy atom. The first kappa shape index (κ1) is 13.5. The maximum Gasteiger partial charge on any atom is 0.0544 e. The fourth-order valence-electron chi connectivity index (χ4n) is 3.14. The largest absolute Gasteiger partial charge is 0.308 e. The highest BCUT2D eigenvalue weighted by Gasteiger charge is 2.26. The van der Waals surface area contributed by atoms with Crippen molar-refractivity contribution < 1.29 is 0 Å². The first-order chi connectivity index (χ1) is 8.66. The molecule has 1 saturated carbocycles. The molecular formula is C16H26N2. The van der Waals surface area contributed by atoms with Crippen LogP contribution in [-0.4, -0.2) is 11.0 Å². The summed E-state index contributed by atoms with van der Waals surface area (Å²) in [5.74, 6) is 1.62. The summed E-state index contributed by atoms with van der Waals surface area (Å²) in [7, 11) is 0. The van der Waals surface area contributed by atoms with Crippen LogP contribution in [-0.2, 0) is 6.54 Å². The molecule has 0 aliphatic heterocycles. The summed E-state index contributed by atoms with van der Waals surface area (Å²) < 4.78 is 0. The van der Waals surface area contributed by atoms with Gasteiger partial charge < -0.3 is 5.32 Å². The molecule has 0 amide bonds. The van der Waals surface area contributed by atoms with Gasteiger partial charge in [-0.15, -0.1) is 0 Å². The van der Waals surface area contributed by atoms with Crippen molar-refractivity contribution in [2.45, 2.75) is 59.0 Å². The van der Waals surface area contributed by atoms with Crippen LogP contribution in [0.4, 0.5) is 0 Å². The predicted octanol–water partition coefficient (Wildman–Crippen LogP) is 3.69. The summed E-state index contributed by atoms with van der Waals surface area (Å²) in [6.45, 7) is 7.68. The summed E-state index contributed by atoms with van der Waals surface area (Å²) in [5, 5.41) is 3.73.